The zero-order valence-electron chi connectivity index (χ0n) is 19.5. The van der Waals surface area contributed by atoms with Gasteiger partial charge >= 0.3 is 5.97 Å². The molecule has 0 aromatic carbocycles. The standard InChI is InChI=1S/C23H37ClN2O3Si/c1-8-28-23(27)22-20(26-13-12-19(24)15-21(26)25-22)11-9-10-14-29-30(16(2)3,17(4)5)18(6)7/h12-13,15-18H,8-11,14H2,1-7H3. The van der Waals surface area contributed by atoms with E-state index >= 15 is 0 Å². The minimum absolute atomic E-state index is 0.326. The van der Waals surface area contributed by atoms with Crippen LogP contribution >= 0.6 is 11.6 Å². The molecular weight excluding hydrogens is 416 g/mol. The van der Waals surface area contributed by atoms with Crippen LogP contribution in [0.2, 0.25) is 21.6 Å². The Morgan fingerprint density at radius 1 is 1.13 bits per heavy atom. The normalized spacial score (nSPS) is 12.5. The first-order valence-corrected chi connectivity index (χ1v) is 13.6. The number of hydrogen-bond donors (Lipinski definition) is 0. The van der Waals surface area contributed by atoms with Gasteiger partial charge in [0.2, 0.25) is 0 Å². The van der Waals surface area contributed by atoms with Crippen LogP contribution in [-0.4, -0.2) is 36.9 Å². The number of carbonyl (C=O) groups excluding carboxylic acids is 1. The summed E-state index contributed by atoms with van der Waals surface area (Å²) in [6.45, 7) is 16.7. The fourth-order valence-electron chi connectivity index (χ4n) is 4.82. The predicted molar refractivity (Wildman–Crippen MR) is 126 cm³/mol. The first-order valence-electron chi connectivity index (χ1n) is 11.1. The molecule has 0 amide bonds. The van der Waals surface area contributed by atoms with Gasteiger partial charge in [-0.3, -0.25) is 0 Å². The molecule has 2 rings (SSSR count). The van der Waals surface area contributed by atoms with E-state index in [1.54, 1.807) is 13.0 Å². The average Bonchev–Trinajstić information content (AvgIpc) is 3.01. The van der Waals surface area contributed by atoms with E-state index in [9.17, 15) is 4.79 Å². The lowest BCUT2D eigenvalue weighted by Gasteiger charge is -2.42. The van der Waals surface area contributed by atoms with Crippen LogP contribution < -0.4 is 0 Å². The molecule has 0 fully saturated rings. The fourth-order valence-corrected chi connectivity index (χ4v) is 10.5. The molecule has 2 aromatic rings. The summed E-state index contributed by atoms with van der Waals surface area (Å²) in [7, 11) is -1.84. The molecule has 2 aromatic heterocycles. The van der Waals surface area contributed by atoms with Crippen molar-refractivity contribution in [1.82, 2.24) is 9.38 Å². The number of imidazole rings is 1. The third-order valence-electron chi connectivity index (χ3n) is 6.02. The smallest absolute Gasteiger partial charge is 0.358 e. The second-order valence-electron chi connectivity index (χ2n) is 8.82. The monoisotopic (exact) mass is 452 g/mol. The maximum atomic E-state index is 12.4. The molecule has 0 N–H and O–H groups in total. The van der Waals surface area contributed by atoms with Crippen molar-refractivity contribution in [3.8, 4) is 0 Å². The molecule has 5 nitrogen and oxygen atoms in total. The van der Waals surface area contributed by atoms with E-state index in [0.717, 1.165) is 31.6 Å². The maximum Gasteiger partial charge on any atom is 0.358 e. The Labute approximate surface area is 187 Å². The summed E-state index contributed by atoms with van der Waals surface area (Å²) in [6.07, 6.45) is 4.47. The summed E-state index contributed by atoms with van der Waals surface area (Å²) in [6, 6.07) is 3.58. The molecule has 30 heavy (non-hydrogen) atoms. The Kier molecular flexibility index (Phi) is 8.94. The molecule has 0 unspecified atom stereocenters. The highest BCUT2D eigenvalue weighted by molar-refractivity contribution is 6.77. The summed E-state index contributed by atoms with van der Waals surface area (Å²) in [5.74, 6) is -0.380. The topological polar surface area (TPSA) is 52.8 Å². The van der Waals surface area contributed by atoms with Gasteiger partial charge in [0.1, 0.15) is 5.65 Å². The number of aryl methyl sites for hydroxylation is 1. The van der Waals surface area contributed by atoms with Crippen LogP contribution in [0.15, 0.2) is 18.3 Å². The van der Waals surface area contributed by atoms with Crippen molar-refractivity contribution in [2.45, 2.75) is 84.4 Å². The van der Waals surface area contributed by atoms with Crippen LogP contribution in [-0.2, 0) is 15.6 Å². The number of ether oxygens (including phenoxy) is 1. The van der Waals surface area contributed by atoms with Crippen molar-refractivity contribution >= 4 is 31.5 Å². The number of unbranched alkanes of at least 4 members (excludes halogenated alkanes) is 1. The Hall–Kier alpha value is -1.37. The van der Waals surface area contributed by atoms with Gasteiger partial charge in [0.15, 0.2) is 14.0 Å². The minimum Gasteiger partial charge on any atom is -0.461 e. The lowest BCUT2D eigenvalue weighted by molar-refractivity contribution is 0.0519. The number of rotatable bonds is 11. The summed E-state index contributed by atoms with van der Waals surface area (Å²) in [5, 5.41) is 0.597. The number of hydrogen-bond acceptors (Lipinski definition) is 4. The van der Waals surface area contributed by atoms with Gasteiger partial charge in [-0.05, 0) is 48.9 Å². The van der Waals surface area contributed by atoms with Crippen LogP contribution in [0.5, 0.6) is 0 Å². The van der Waals surface area contributed by atoms with Gasteiger partial charge in [-0.15, -0.1) is 0 Å². The van der Waals surface area contributed by atoms with E-state index in [4.69, 9.17) is 20.8 Å². The molecule has 0 saturated carbocycles. The Balaban J connectivity index is 2.10. The molecule has 0 aliphatic heterocycles. The van der Waals surface area contributed by atoms with Gasteiger partial charge < -0.3 is 13.6 Å². The van der Waals surface area contributed by atoms with Crippen LogP contribution in [0.25, 0.3) is 5.65 Å². The van der Waals surface area contributed by atoms with E-state index in [-0.39, 0.29) is 5.97 Å². The molecule has 7 heteroatoms. The second-order valence-corrected chi connectivity index (χ2v) is 14.7. The van der Waals surface area contributed by atoms with Gasteiger partial charge in [-0.25, -0.2) is 9.78 Å². The Bertz CT molecular complexity index is 827. The van der Waals surface area contributed by atoms with Crippen molar-refractivity contribution in [2.24, 2.45) is 0 Å². The van der Waals surface area contributed by atoms with E-state index < -0.39 is 8.32 Å². The molecule has 2 heterocycles. The van der Waals surface area contributed by atoms with Crippen LogP contribution in [0.3, 0.4) is 0 Å². The van der Waals surface area contributed by atoms with Crippen molar-refractivity contribution in [1.29, 1.82) is 0 Å². The summed E-state index contributed by atoms with van der Waals surface area (Å²) < 4.78 is 13.8. The van der Waals surface area contributed by atoms with Gasteiger partial charge in [0.05, 0.1) is 12.3 Å². The van der Waals surface area contributed by atoms with Crippen molar-refractivity contribution < 1.29 is 14.0 Å². The first kappa shape index (κ1) is 24.9. The SMILES string of the molecule is CCOC(=O)c1nc2cc(Cl)ccn2c1CCCCO[Si](C(C)C)(C(C)C)C(C)C. The number of carbonyl (C=O) groups is 1. The molecule has 0 aliphatic rings. The molecule has 0 bridgehead atoms. The number of halogens is 1. The van der Waals surface area contributed by atoms with Gasteiger partial charge in [-0.2, -0.15) is 0 Å². The number of pyridine rings is 1. The van der Waals surface area contributed by atoms with Crippen LogP contribution in [0, 0.1) is 0 Å². The van der Waals surface area contributed by atoms with Crippen molar-refractivity contribution in [2.75, 3.05) is 13.2 Å². The van der Waals surface area contributed by atoms with E-state index in [1.165, 1.54) is 0 Å². The maximum absolute atomic E-state index is 12.4. The predicted octanol–water partition coefficient (Wildman–Crippen LogP) is 6.68. The summed E-state index contributed by atoms with van der Waals surface area (Å²) >= 11 is 6.10. The summed E-state index contributed by atoms with van der Waals surface area (Å²) in [4.78, 5) is 16.9. The van der Waals surface area contributed by atoms with Gasteiger partial charge in [-0.1, -0.05) is 53.1 Å². The molecule has 0 aliphatic carbocycles. The van der Waals surface area contributed by atoms with E-state index in [2.05, 4.69) is 46.5 Å². The molecule has 168 valence electrons. The molecular formula is C23H37ClN2O3Si. The number of fused-ring (bicyclic) bond motifs is 1. The third kappa shape index (κ3) is 5.27. The quantitative estimate of drug-likeness (QED) is 0.217. The first-order chi connectivity index (χ1) is 14.1. The Morgan fingerprint density at radius 3 is 2.33 bits per heavy atom. The Morgan fingerprint density at radius 2 is 1.77 bits per heavy atom. The number of aromatic nitrogens is 2. The third-order valence-corrected chi connectivity index (χ3v) is 12.4. The van der Waals surface area contributed by atoms with Crippen molar-refractivity contribution in [3.63, 3.8) is 0 Å². The van der Waals surface area contributed by atoms with Crippen molar-refractivity contribution in [3.05, 3.63) is 34.7 Å². The highest BCUT2D eigenvalue weighted by Gasteiger charge is 2.44. The van der Waals surface area contributed by atoms with E-state index in [1.807, 2.05) is 16.7 Å². The lowest BCUT2D eigenvalue weighted by Crippen LogP contribution is -2.47. The molecule has 0 spiro atoms. The summed E-state index contributed by atoms with van der Waals surface area (Å²) in [5.41, 5.74) is 3.67. The number of esters is 1. The van der Waals surface area contributed by atoms with Crippen LogP contribution in [0.1, 0.15) is 77.5 Å². The zero-order valence-corrected chi connectivity index (χ0v) is 21.3. The van der Waals surface area contributed by atoms with Gasteiger partial charge in [0.25, 0.3) is 0 Å². The van der Waals surface area contributed by atoms with Crippen LogP contribution in [0.4, 0.5) is 0 Å². The lowest BCUT2D eigenvalue weighted by atomic mass is 10.1. The minimum atomic E-state index is -1.84. The average molecular weight is 453 g/mol. The highest BCUT2D eigenvalue weighted by atomic mass is 35.5. The second kappa shape index (κ2) is 10.8. The fraction of sp³-hybridized carbons (Fsp3) is 0.652. The molecule has 0 radical (unpaired) electrons. The number of nitrogens with zero attached hydrogens (tertiary/aromatic N) is 2. The molecule has 0 atom stereocenters. The highest BCUT2D eigenvalue weighted by Crippen LogP contribution is 2.42. The largest absolute Gasteiger partial charge is 0.461 e. The van der Waals surface area contributed by atoms with Gasteiger partial charge in [0, 0.05) is 23.9 Å². The van der Waals surface area contributed by atoms with E-state index in [0.29, 0.717) is 39.6 Å². The zero-order chi connectivity index (χ0) is 22.5. The molecule has 0 saturated heterocycles.